The predicted molar refractivity (Wildman–Crippen MR) is 59.8 cm³/mol. The zero-order chi connectivity index (χ0) is 11.6. The summed E-state index contributed by atoms with van der Waals surface area (Å²) in [6, 6.07) is 5.01. The normalized spacial score (nSPS) is 13.9. The van der Waals surface area contributed by atoms with Crippen LogP contribution in [0.5, 0.6) is 0 Å². The summed E-state index contributed by atoms with van der Waals surface area (Å²) in [6.45, 7) is 3.83. The van der Waals surface area contributed by atoms with E-state index in [2.05, 4.69) is 0 Å². The van der Waals surface area contributed by atoms with Gasteiger partial charge in [-0.25, -0.2) is 8.42 Å². The van der Waals surface area contributed by atoms with Crippen molar-refractivity contribution in [2.75, 3.05) is 12.9 Å². The second-order valence-electron chi connectivity index (χ2n) is 3.87. The fourth-order valence-electron chi connectivity index (χ4n) is 1.53. The highest BCUT2D eigenvalue weighted by Gasteiger charge is 2.11. The molecule has 0 bridgehead atoms. The molecule has 0 amide bonds. The number of rotatable bonds is 3. The van der Waals surface area contributed by atoms with Crippen LogP contribution in [0.1, 0.15) is 24.0 Å². The van der Waals surface area contributed by atoms with Crippen molar-refractivity contribution >= 4 is 9.84 Å². The molecule has 15 heavy (non-hydrogen) atoms. The van der Waals surface area contributed by atoms with Crippen molar-refractivity contribution in [3.8, 4) is 0 Å². The summed E-state index contributed by atoms with van der Waals surface area (Å²) in [4.78, 5) is 0.328. The molecule has 1 aromatic rings. The van der Waals surface area contributed by atoms with Crippen LogP contribution in [0, 0.1) is 6.92 Å². The number of hydrogen-bond acceptors (Lipinski definition) is 3. The van der Waals surface area contributed by atoms with Crippen LogP contribution in [-0.2, 0) is 9.84 Å². The van der Waals surface area contributed by atoms with Crippen LogP contribution in [0.3, 0.4) is 0 Å². The number of aliphatic hydroxyl groups excluding tert-OH is 1. The Morgan fingerprint density at radius 2 is 2.00 bits per heavy atom. The Bertz CT molecular complexity index is 449. The quantitative estimate of drug-likeness (QED) is 0.853. The van der Waals surface area contributed by atoms with Crippen LogP contribution in [0.25, 0.3) is 0 Å². The van der Waals surface area contributed by atoms with Gasteiger partial charge < -0.3 is 5.11 Å². The molecule has 84 valence electrons. The molecule has 0 saturated heterocycles. The number of benzene rings is 1. The topological polar surface area (TPSA) is 54.4 Å². The van der Waals surface area contributed by atoms with E-state index in [1.54, 1.807) is 18.2 Å². The smallest absolute Gasteiger partial charge is 0.175 e. The number of sulfone groups is 1. The van der Waals surface area contributed by atoms with E-state index in [9.17, 15) is 8.42 Å². The molecule has 0 aliphatic rings. The van der Waals surface area contributed by atoms with Gasteiger partial charge in [0, 0.05) is 18.8 Å². The summed E-state index contributed by atoms with van der Waals surface area (Å²) in [5, 5.41) is 9.02. The Hall–Kier alpha value is -0.870. The highest BCUT2D eigenvalue weighted by atomic mass is 32.2. The summed E-state index contributed by atoms with van der Waals surface area (Å²) in [6.07, 6.45) is 1.19. The van der Waals surface area contributed by atoms with E-state index in [0.717, 1.165) is 11.1 Å². The summed E-state index contributed by atoms with van der Waals surface area (Å²) >= 11 is 0. The van der Waals surface area contributed by atoms with Gasteiger partial charge in [0.05, 0.1) is 4.90 Å². The molecule has 4 heteroatoms. The first-order chi connectivity index (χ1) is 6.86. The lowest BCUT2D eigenvalue weighted by molar-refractivity contribution is 0.272. The molecule has 0 aliphatic carbocycles. The molecule has 0 aromatic heterocycles. The van der Waals surface area contributed by atoms with Gasteiger partial charge in [-0.15, -0.1) is 0 Å². The molecule has 3 nitrogen and oxygen atoms in total. The minimum Gasteiger partial charge on any atom is -0.396 e. The maximum Gasteiger partial charge on any atom is 0.175 e. The first-order valence-electron chi connectivity index (χ1n) is 4.77. The maximum atomic E-state index is 11.3. The molecular formula is C11H16O3S. The molecule has 0 spiro atoms. The lowest BCUT2D eigenvalue weighted by Gasteiger charge is -2.12. The fourth-order valence-corrected chi connectivity index (χ4v) is 2.24. The predicted octanol–water partition coefficient (Wildman–Crippen LogP) is 1.49. The van der Waals surface area contributed by atoms with E-state index in [4.69, 9.17) is 5.11 Å². The van der Waals surface area contributed by atoms with Gasteiger partial charge >= 0.3 is 0 Å². The van der Waals surface area contributed by atoms with E-state index in [1.165, 1.54) is 6.26 Å². The molecule has 0 radical (unpaired) electrons. The largest absolute Gasteiger partial charge is 0.396 e. The van der Waals surface area contributed by atoms with Crippen LogP contribution in [0.4, 0.5) is 0 Å². The molecule has 0 fully saturated rings. The molecule has 1 atom stereocenters. The molecule has 1 N–H and O–H groups in total. The average molecular weight is 228 g/mol. The molecule has 1 aromatic carbocycles. The van der Waals surface area contributed by atoms with Crippen molar-refractivity contribution in [3.05, 3.63) is 29.3 Å². The van der Waals surface area contributed by atoms with Gasteiger partial charge in [-0.1, -0.05) is 13.0 Å². The van der Waals surface area contributed by atoms with Gasteiger partial charge in [-0.2, -0.15) is 0 Å². The Balaban J connectivity index is 3.20. The van der Waals surface area contributed by atoms with Gasteiger partial charge in [0.25, 0.3) is 0 Å². The van der Waals surface area contributed by atoms with E-state index >= 15 is 0 Å². The molecular weight excluding hydrogens is 212 g/mol. The second kappa shape index (κ2) is 4.33. The minimum atomic E-state index is -3.14. The monoisotopic (exact) mass is 228 g/mol. The lowest BCUT2D eigenvalue weighted by atomic mass is 9.97. The third-order valence-corrected chi connectivity index (χ3v) is 3.58. The van der Waals surface area contributed by atoms with Gasteiger partial charge in [0.2, 0.25) is 0 Å². The molecule has 1 rings (SSSR count). The third kappa shape index (κ3) is 2.79. The zero-order valence-electron chi connectivity index (χ0n) is 9.19. The average Bonchev–Trinajstić information content (AvgIpc) is 2.15. The van der Waals surface area contributed by atoms with Crippen molar-refractivity contribution in [3.63, 3.8) is 0 Å². The van der Waals surface area contributed by atoms with Gasteiger partial charge in [0.1, 0.15) is 0 Å². The van der Waals surface area contributed by atoms with Gasteiger partial charge in [-0.05, 0) is 30.2 Å². The van der Waals surface area contributed by atoms with Crippen LogP contribution >= 0.6 is 0 Å². The summed E-state index contributed by atoms with van der Waals surface area (Å²) in [7, 11) is -3.14. The lowest BCUT2D eigenvalue weighted by Crippen LogP contribution is -2.04. The van der Waals surface area contributed by atoms with Crippen LogP contribution in [-0.4, -0.2) is 26.4 Å². The van der Waals surface area contributed by atoms with Crippen molar-refractivity contribution < 1.29 is 13.5 Å². The summed E-state index contributed by atoms with van der Waals surface area (Å²) in [5.74, 6) is 0.0404. The van der Waals surface area contributed by atoms with Crippen molar-refractivity contribution in [1.29, 1.82) is 0 Å². The van der Waals surface area contributed by atoms with Crippen LogP contribution in [0.2, 0.25) is 0 Å². The van der Waals surface area contributed by atoms with E-state index in [1.807, 2.05) is 13.8 Å². The molecule has 0 saturated carbocycles. The third-order valence-electron chi connectivity index (χ3n) is 2.47. The highest BCUT2D eigenvalue weighted by molar-refractivity contribution is 7.90. The summed E-state index contributed by atoms with van der Waals surface area (Å²) < 4.78 is 22.6. The first kappa shape index (κ1) is 12.2. The summed E-state index contributed by atoms with van der Waals surface area (Å²) in [5.41, 5.74) is 1.89. The number of aliphatic hydroxyl groups is 1. The van der Waals surface area contributed by atoms with Crippen molar-refractivity contribution in [2.45, 2.75) is 24.7 Å². The fraction of sp³-hybridized carbons (Fsp3) is 0.455. The molecule has 0 aliphatic heterocycles. The number of hydrogen-bond donors (Lipinski definition) is 1. The highest BCUT2D eigenvalue weighted by Crippen LogP contribution is 2.22. The van der Waals surface area contributed by atoms with E-state index in [-0.39, 0.29) is 12.5 Å². The Labute approximate surface area is 90.7 Å². The zero-order valence-corrected chi connectivity index (χ0v) is 10.0. The standard InChI is InChI=1S/C11H16O3S/c1-8-6-10(15(3,13)14)4-5-11(8)9(2)7-12/h4-6,9,12H,7H2,1-3H3. The van der Waals surface area contributed by atoms with Crippen LogP contribution in [0.15, 0.2) is 23.1 Å². The minimum absolute atomic E-state index is 0.0404. The second-order valence-corrected chi connectivity index (χ2v) is 5.89. The van der Waals surface area contributed by atoms with E-state index < -0.39 is 9.84 Å². The van der Waals surface area contributed by atoms with Crippen LogP contribution < -0.4 is 0 Å². The van der Waals surface area contributed by atoms with E-state index in [0.29, 0.717) is 4.90 Å². The van der Waals surface area contributed by atoms with Gasteiger partial charge in [0.15, 0.2) is 9.84 Å². The Morgan fingerprint density at radius 3 is 2.40 bits per heavy atom. The Kier molecular flexibility index (Phi) is 3.52. The van der Waals surface area contributed by atoms with Gasteiger partial charge in [-0.3, -0.25) is 0 Å². The van der Waals surface area contributed by atoms with Crippen molar-refractivity contribution in [2.24, 2.45) is 0 Å². The first-order valence-corrected chi connectivity index (χ1v) is 6.67. The number of aryl methyl sites for hydroxylation is 1. The molecule has 0 heterocycles. The molecule has 1 unspecified atom stereocenters. The van der Waals surface area contributed by atoms with Crippen molar-refractivity contribution in [1.82, 2.24) is 0 Å². The Morgan fingerprint density at radius 1 is 1.40 bits per heavy atom. The maximum absolute atomic E-state index is 11.3. The SMILES string of the molecule is Cc1cc(S(C)(=O)=O)ccc1C(C)CO.